The molecule has 0 spiro atoms. The molecule has 6 nitrogen and oxygen atoms in total. The van der Waals surface area contributed by atoms with E-state index in [1.54, 1.807) is 4.90 Å². The van der Waals surface area contributed by atoms with Crippen molar-refractivity contribution in [2.45, 2.75) is 24.7 Å². The third-order valence-electron chi connectivity index (χ3n) is 3.82. The smallest absolute Gasteiger partial charge is 0.243 e. The Balaban J connectivity index is 2.10. The first-order valence-electron chi connectivity index (χ1n) is 7.51. The Kier molecular flexibility index (Phi) is 5.89. The van der Waals surface area contributed by atoms with Gasteiger partial charge in [-0.2, -0.15) is 4.31 Å². The van der Waals surface area contributed by atoms with Crippen LogP contribution in [0.5, 0.6) is 5.75 Å². The summed E-state index contributed by atoms with van der Waals surface area (Å²) in [6.45, 7) is 3.37. The minimum Gasteiger partial charge on any atom is -0.495 e. The van der Waals surface area contributed by atoms with Gasteiger partial charge in [0.25, 0.3) is 0 Å². The fourth-order valence-corrected chi connectivity index (χ4v) is 4.28. The van der Waals surface area contributed by atoms with Crippen LogP contribution in [0.4, 0.5) is 0 Å². The Morgan fingerprint density at radius 3 is 2.43 bits per heavy atom. The van der Waals surface area contributed by atoms with Gasteiger partial charge in [-0.25, -0.2) is 8.42 Å². The summed E-state index contributed by atoms with van der Waals surface area (Å²) in [6, 6.07) is 4.41. The van der Waals surface area contributed by atoms with E-state index in [4.69, 9.17) is 16.3 Å². The largest absolute Gasteiger partial charge is 0.495 e. The molecule has 2 rings (SSSR count). The minimum atomic E-state index is -3.62. The van der Waals surface area contributed by atoms with Crippen molar-refractivity contribution < 1.29 is 17.9 Å². The lowest BCUT2D eigenvalue weighted by Crippen LogP contribution is -2.50. The Morgan fingerprint density at radius 1 is 1.26 bits per heavy atom. The predicted octanol–water partition coefficient (Wildman–Crippen LogP) is 1.98. The second kappa shape index (κ2) is 7.51. The van der Waals surface area contributed by atoms with Crippen LogP contribution in [0.2, 0.25) is 5.02 Å². The van der Waals surface area contributed by atoms with Crippen molar-refractivity contribution in [3.63, 3.8) is 0 Å². The molecule has 0 aromatic heterocycles. The van der Waals surface area contributed by atoms with Crippen LogP contribution in [0.1, 0.15) is 19.8 Å². The number of amides is 1. The summed E-state index contributed by atoms with van der Waals surface area (Å²) in [5, 5.41) is 0.255. The number of methoxy groups -OCH3 is 1. The van der Waals surface area contributed by atoms with Gasteiger partial charge in [0.1, 0.15) is 5.75 Å². The second-order valence-electron chi connectivity index (χ2n) is 5.33. The Morgan fingerprint density at radius 2 is 1.91 bits per heavy atom. The summed E-state index contributed by atoms with van der Waals surface area (Å²) >= 11 is 6.01. The van der Waals surface area contributed by atoms with Gasteiger partial charge in [-0.3, -0.25) is 4.79 Å². The maximum absolute atomic E-state index is 12.7. The van der Waals surface area contributed by atoms with E-state index in [-0.39, 0.29) is 15.8 Å². The van der Waals surface area contributed by atoms with Crippen molar-refractivity contribution in [1.29, 1.82) is 0 Å². The highest BCUT2D eigenvalue weighted by atomic mass is 35.5. The van der Waals surface area contributed by atoms with Crippen LogP contribution in [0.15, 0.2) is 23.1 Å². The third-order valence-corrected chi connectivity index (χ3v) is 6.01. The zero-order chi connectivity index (χ0) is 17.0. The summed E-state index contributed by atoms with van der Waals surface area (Å²) in [7, 11) is -2.14. The van der Waals surface area contributed by atoms with E-state index < -0.39 is 10.0 Å². The molecule has 8 heteroatoms. The summed E-state index contributed by atoms with van der Waals surface area (Å²) in [5.74, 6) is 0.512. The van der Waals surface area contributed by atoms with Gasteiger partial charge < -0.3 is 9.64 Å². The summed E-state index contributed by atoms with van der Waals surface area (Å²) in [5.41, 5.74) is 0. The van der Waals surface area contributed by atoms with Crippen LogP contribution in [-0.2, 0) is 14.8 Å². The van der Waals surface area contributed by atoms with E-state index in [1.807, 2.05) is 6.92 Å². The van der Waals surface area contributed by atoms with Crippen molar-refractivity contribution in [3.8, 4) is 5.75 Å². The standard InChI is InChI=1S/C15H21ClN2O4S/c1-3-4-15(19)17-7-9-18(10-8-17)23(20,21)12-5-6-14(22-2)13(16)11-12/h5-6,11H,3-4,7-10H2,1-2H3. The zero-order valence-corrected chi connectivity index (χ0v) is 14.9. The number of halogens is 1. The number of ether oxygens (including phenoxy) is 1. The first kappa shape index (κ1) is 18.0. The molecule has 0 unspecified atom stereocenters. The molecule has 23 heavy (non-hydrogen) atoms. The zero-order valence-electron chi connectivity index (χ0n) is 13.3. The van der Waals surface area contributed by atoms with Crippen LogP contribution in [0.3, 0.4) is 0 Å². The summed E-state index contributed by atoms with van der Waals surface area (Å²) in [6.07, 6.45) is 1.29. The highest BCUT2D eigenvalue weighted by Crippen LogP contribution is 2.28. The fourth-order valence-electron chi connectivity index (χ4n) is 2.51. The lowest BCUT2D eigenvalue weighted by Gasteiger charge is -2.34. The van der Waals surface area contributed by atoms with Crippen LogP contribution in [0, 0.1) is 0 Å². The number of rotatable bonds is 5. The van der Waals surface area contributed by atoms with Gasteiger partial charge >= 0.3 is 0 Å². The molecule has 1 saturated heterocycles. The Hall–Kier alpha value is -1.31. The molecular weight excluding hydrogens is 340 g/mol. The van der Waals surface area contributed by atoms with Crippen LogP contribution in [-0.4, -0.2) is 56.8 Å². The van der Waals surface area contributed by atoms with Crippen molar-refractivity contribution in [1.82, 2.24) is 9.21 Å². The van der Waals surface area contributed by atoms with Crippen LogP contribution in [0.25, 0.3) is 0 Å². The number of hydrogen-bond acceptors (Lipinski definition) is 4. The third kappa shape index (κ3) is 3.97. The average molecular weight is 361 g/mol. The minimum absolute atomic E-state index is 0.0806. The molecule has 128 valence electrons. The molecule has 1 aromatic carbocycles. The molecule has 1 aliphatic heterocycles. The molecule has 1 heterocycles. The normalized spacial score (nSPS) is 16.4. The van der Waals surface area contributed by atoms with Gasteiger partial charge in [0.05, 0.1) is 17.0 Å². The summed E-state index contributed by atoms with van der Waals surface area (Å²) < 4.78 is 31.8. The van der Waals surface area contributed by atoms with Crippen LogP contribution < -0.4 is 4.74 Å². The molecule has 0 radical (unpaired) electrons. The number of benzene rings is 1. The monoisotopic (exact) mass is 360 g/mol. The molecule has 0 aliphatic carbocycles. The molecule has 1 aromatic rings. The summed E-state index contributed by atoms with van der Waals surface area (Å²) in [4.78, 5) is 13.7. The van der Waals surface area contributed by atoms with E-state index in [0.717, 1.165) is 6.42 Å². The molecule has 1 amide bonds. The number of carbonyl (C=O) groups excluding carboxylic acids is 1. The SMILES string of the molecule is CCCC(=O)N1CCN(S(=O)(=O)c2ccc(OC)c(Cl)c2)CC1. The first-order chi connectivity index (χ1) is 10.9. The fraction of sp³-hybridized carbons (Fsp3) is 0.533. The van der Waals surface area contributed by atoms with Gasteiger partial charge in [0.15, 0.2) is 0 Å². The van der Waals surface area contributed by atoms with E-state index in [9.17, 15) is 13.2 Å². The maximum atomic E-state index is 12.7. The van der Waals surface area contributed by atoms with Gasteiger partial charge in [-0.1, -0.05) is 18.5 Å². The lowest BCUT2D eigenvalue weighted by molar-refractivity contribution is -0.132. The van der Waals surface area contributed by atoms with Crippen LogP contribution >= 0.6 is 11.6 Å². The number of carbonyl (C=O) groups is 1. The van der Waals surface area contributed by atoms with Gasteiger partial charge in [-0.15, -0.1) is 0 Å². The van der Waals surface area contributed by atoms with Gasteiger partial charge in [0.2, 0.25) is 15.9 Å². The molecule has 0 N–H and O–H groups in total. The second-order valence-corrected chi connectivity index (χ2v) is 7.68. The van der Waals surface area contributed by atoms with Gasteiger partial charge in [0, 0.05) is 32.6 Å². The molecule has 1 fully saturated rings. The quantitative estimate of drug-likeness (QED) is 0.805. The molecule has 0 bridgehead atoms. The first-order valence-corrected chi connectivity index (χ1v) is 9.33. The topological polar surface area (TPSA) is 66.9 Å². The van der Waals surface area contributed by atoms with Crippen molar-refractivity contribution in [2.75, 3.05) is 33.3 Å². The van der Waals surface area contributed by atoms with E-state index in [2.05, 4.69) is 0 Å². The maximum Gasteiger partial charge on any atom is 0.243 e. The molecule has 0 saturated carbocycles. The highest BCUT2D eigenvalue weighted by molar-refractivity contribution is 7.89. The Bertz CT molecular complexity index is 670. The predicted molar refractivity (Wildman–Crippen MR) is 88.3 cm³/mol. The lowest BCUT2D eigenvalue weighted by atomic mass is 10.2. The van der Waals surface area contributed by atoms with E-state index >= 15 is 0 Å². The number of sulfonamides is 1. The number of piperazine rings is 1. The molecular formula is C15H21ClN2O4S. The molecule has 0 atom stereocenters. The van der Waals surface area contributed by atoms with Crippen molar-refractivity contribution >= 4 is 27.5 Å². The van der Waals surface area contributed by atoms with E-state index in [0.29, 0.717) is 38.3 Å². The average Bonchev–Trinajstić information content (AvgIpc) is 2.55. The van der Waals surface area contributed by atoms with Crippen molar-refractivity contribution in [2.24, 2.45) is 0 Å². The highest BCUT2D eigenvalue weighted by Gasteiger charge is 2.30. The van der Waals surface area contributed by atoms with E-state index in [1.165, 1.54) is 29.6 Å². The number of hydrogen-bond donors (Lipinski definition) is 0. The number of nitrogens with zero attached hydrogens (tertiary/aromatic N) is 2. The van der Waals surface area contributed by atoms with Crippen molar-refractivity contribution in [3.05, 3.63) is 23.2 Å². The molecule has 1 aliphatic rings. The Labute approximate surface area is 142 Å². The van der Waals surface area contributed by atoms with Gasteiger partial charge in [-0.05, 0) is 24.6 Å².